The van der Waals surface area contributed by atoms with Crippen molar-refractivity contribution in [3.8, 4) is 0 Å². The molecule has 0 bridgehead atoms. The lowest BCUT2D eigenvalue weighted by Crippen LogP contribution is -2.54. The van der Waals surface area contributed by atoms with Gasteiger partial charge in [0.1, 0.15) is 0 Å². The van der Waals surface area contributed by atoms with E-state index in [2.05, 4.69) is 5.32 Å². The van der Waals surface area contributed by atoms with Crippen molar-refractivity contribution in [1.82, 2.24) is 5.32 Å². The van der Waals surface area contributed by atoms with Gasteiger partial charge >= 0.3 is 5.97 Å². The van der Waals surface area contributed by atoms with Crippen molar-refractivity contribution < 1.29 is 19.4 Å². The second-order valence-electron chi connectivity index (χ2n) is 5.70. The van der Waals surface area contributed by atoms with Gasteiger partial charge in [-0.1, -0.05) is 12.2 Å². The number of hydrogen-bond acceptors (Lipinski definition) is 3. The quantitative estimate of drug-likeness (QED) is 0.757. The van der Waals surface area contributed by atoms with Crippen molar-refractivity contribution in [2.24, 2.45) is 11.8 Å². The molecule has 1 fully saturated rings. The first kappa shape index (κ1) is 14.1. The minimum atomic E-state index is -0.894. The van der Waals surface area contributed by atoms with Crippen LogP contribution in [0.1, 0.15) is 32.6 Å². The molecule has 5 heteroatoms. The topological polar surface area (TPSA) is 75.6 Å². The summed E-state index contributed by atoms with van der Waals surface area (Å²) in [5.41, 5.74) is -0.362. The molecule has 3 atom stereocenters. The van der Waals surface area contributed by atoms with E-state index in [0.717, 1.165) is 19.4 Å². The van der Waals surface area contributed by atoms with E-state index in [9.17, 15) is 14.7 Å². The second kappa shape index (κ2) is 5.74. The monoisotopic (exact) mass is 267 g/mol. The number of rotatable bonds is 3. The van der Waals surface area contributed by atoms with E-state index in [4.69, 9.17) is 4.74 Å². The highest BCUT2D eigenvalue weighted by molar-refractivity contribution is 5.85. The van der Waals surface area contributed by atoms with Crippen LogP contribution < -0.4 is 5.32 Å². The number of amides is 1. The molecule has 19 heavy (non-hydrogen) atoms. The predicted octanol–water partition coefficient (Wildman–Crippen LogP) is 1.34. The minimum absolute atomic E-state index is 0.162. The smallest absolute Gasteiger partial charge is 0.307 e. The van der Waals surface area contributed by atoms with Gasteiger partial charge in [0.2, 0.25) is 5.91 Å². The van der Waals surface area contributed by atoms with Gasteiger partial charge in [-0.2, -0.15) is 0 Å². The maximum Gasteiger partial charge on any atom is 0.307 e. The maximum atomic E-state index is 12.3. The summed E-state index contributed by atoms with van der Waals surface area (Å²) < 4.78 is 5.40. The fraction of sp³-hybridized carbons (Fsp3) is 0.714. The molecule has 0 aromatic carbocycles. The largest absolute Gasteiger partial charge is 0.481 e. The van der Waals surface area contributed by atoms with Crippen LogP contribution in [0.3, 0.4) is 0 Å². The highest BCUT2D eigenvalue weighted by Gasteiger charge is 2.37. The minimum Gasteiger partial charge on any atom is -0.481 e. The Labute approximate surface area is 113 Å². The molecular formula is C14H21NO4. The highest BCUT2D eigenvalue weighted by Crippen LogP contribution is 2.27. The average Bonchev–Trinajstić information content (AvgIpc) is 2.39. The molecule has 1 heterocycles. The third kappa shape index (κ3) is 3.35. The number of allylic oxidation sites excluding steroid dienone is 2. The Hall–Kier alpha value is -1.36. The molecular weight excluding hydrogens is 246 g/mol. The van der Waals surface area contributed by atoms with Crippen LogP contribution in [0, 0.1) is 11.8 Å². The van der Waals surface area contributed by atoms with Crippen LogP contribution in [0.4, 0.5) is 0 Å². The van der Waals surface area contributed by atoms with Gasteiger partial charge in [-0.3, -0.25) is 9.59 Å². The van der Waals surface area contributed by atoms with Crippen LogP contribution in [-0.4, -0.2) is 35.7 Å². The first-order valence-corrected chi connectivity index (χ1v) is 6.79. The summed E-state index contributed by atoms with van der Waals surface area (Å²) in [6.07, 6.45) is 6.46. The molecule has 3 unspecified atom stereocenters. The van der Waals surface area contributed by atoms with Gasteiger partial charge in [0.05, 0.1) is 24.0 Å². The van der Waals surface area contributed by atoms with E-state index >= 15 is 0 Å². The zero-order valence-electron chi connectivity index (χ0n) is 11.2. The van der Waals surface area contributed by atoms with Crippen LogP contribution >= 0.6 is 0 Å². The lowest BCUT2D eigenvalue weighted by molar-refractivity contribution is -0.148. The summed E-state index contributed by atoms with van der Waals surface area (Å²) in [6.45, 7) is 3.19. The number of carboxylic acid groups (broad SMARTS) is 1. The van der Waals surface area contributed by atoms with Gasteiger partial charge in [-0.15, -0.1) is 0 Å². The van der Waals surface area contributed by atoms with E-state index in [1.165, 1.54) is 0 Å². The Kier molecular flexibility index (Phi) is 4.24. The summed E-state index contributed by atoms with van der Waals surface area (Å²) in [5, 5.41) is 12.2. The van der Waals surface area contributed by atoms with Crippen molar-refractivity contribution in [2.75, 3.05) is 13.2 Å². The number of carbonyl (C=O) groups excluding carboxylic acids is 1. The third-order valence-electron chi connectivity index (χ3n) is 3.95. The molecule has 1 aliphatic heterocycles. The summed E-state index contributed by atoms with van der Waals surface area (Å²) in [5.74, 6) is -2.14. The molecule has 5 nitrogen and oxygen atoms in total. The van der Waals surface area contributed by atoms with E-state index in [1.807, 2.05) is 19.1 Å². The first-order chi connectivity index (χ1) is 9.02. The van der Waals surface area contributed by atoms with Crippen molar-refractivity contribution >= 4 is 11.9 Å². The fourth-order valence-electron chi connectivity index (χ4n) is 2.80. The summed E-state index contributed by atoms with van der Waals surface area (Å²) in [4.78, 5) is 23.5. The van der Waals surface area contributed by atoms with Gasteiger partial charge in [0.15, 0.2) is 0 Å². The van der Waals surface area contributed by atoms with Crippen LogP contribution in [0.2, 0.25) is 0 Å². The fourth-order valence-corrected chi connectivity index (χ4v) is 2.80. The van der Waals surface area contributed by atoms with Gasteiger partial charge in [-0.25, -0.2) is 0 Å². The molecule has 0 spiro atoms. The Morgan fingerprint density at radius 2 is 2.00 bits per heavy atom. The molecule has 1 amide bonds. The summed E-state index contributed by atoms with van der Waals surface area (Å²) >= 11 is 0. The van der Waals surface area contributed by atoms with Crippen LogP contribution in [0.15, 0.2) is 12.2 Å². The Balaban J connectivity index is 2.01. The molecule has 106 valence electrons. The molecule has 2 aliphatic rings. The van der Waals surface area contributed by atoms with E-state index < -0.39 is 17.8 Å². The zero-order valence-corrected chi connectivity index (χ0v) is 11.2. The first-order valence-electron chi connectivity index (χ1n) is 6.79. The molecule has 0 aromatic rings. The number of hydrogen-bond donors (Lipinski definition) is 2. The molecule has 1 aliphatic carbocycles. The third-order valence-corrected chi connectivity index (χ3v) is 3.95. The van der Waals surface area contributed by atoms with E-state index in [-0.39, 0.29) is 11.4 Å². The molecule has 1 saturated heterocycles. The molecule has 0 radical (unpaired) electrons. The van der Waals surface area contributed by atoms with Crippen LogP contribution in [0.5, 0.6) is 0 Å². The molecule has 2 rings (SSSR count). The van der Waals surface area contributed by atoms with Crippen molar-refractivity contribution in [3.05, 3.63) is 12.2 Å². The van der Waals surface area contributed by atoms with Crippen LogP contribution in [-0.2, 0) is 14.3 Å². The van der Waals surface area contributed by atoms with Gasteiger partial charge < -0.3 is 15.2 Å². The van der Waals surface area contributed by atoms with Crippen molar-refractivity contribution in [3.63, 3.8) is 0 Å². The number of ether oxygens (including phenoxy) is 1. The van der Waals surface area contributed by atoms with Crippen molar-refractivity contribution in [1.29, 1.82) is 0 Å². The lowest BCUT2D eigenvalue weighted by Gasteiger charge is -2.36. The Morgan fingerprint density at radius 3 is 2.58 bits per heavy atom. The number of aliphatic carboxylic acids is 1. The summed E-state index contributed by atoms with van der Waals surface area (Å²) in [7, 11) is 0. The zero-order chi connectivity index (χ0) is 13.9. The maximum absolute atomic E-state index is 12.3. The average molecular weight is 267 g/mol. The number of nitrogens with one attached hydrogen (secondary N) is 1. The van der Waals surface area contributed by atoms with Gasteiger partial charge in [0.25, 0.3) is 0 Å². The molecule has 0 saturated carbocycles. The van der Waals surface area contributed by atoms with Crippen molar-refractivity contribution in [2.45, 2.75) is 38.1 Å². The lowest BCUT2D eigenvalue weighted by atomic mass is 9.81. The SMILES string of the molecule is CC1(NC(=O)C2CC=CCC2C(=O)O)CCCOC1. The summed E-state index contributed by atoms with van der Waals surface area (Å²) in [6, 6.07) is 0. The van der Waals surface area contributed by atoms with E-state index in [0.29, 0.717) is 19.4 Å². The number of carboxylic acids is 1. The Bertz CT molecular complexity index is 385. The molecule has 0 aromatic heterocycles. The van der Waals surface area contributed by atoms with Gasteiger partial charge in [-0.05, 0) is 32.6 Å². The van der Waals surface area contributed by atoms with Gasteiger partial charge in [0, 0.05) is 6.61 Å². The normalized spacial score (nSPS) is 34.8. The number of carbonyl (C=O) groups is 2. The predicted molar refractivity (Wildman–Crippen MR) is 69.6 cm³/mol. The molecule has 2 N–H and O–H groups in total. The second-order valence-corrected chi connectivity index (χ2v) is 5.70. The standard InChI is InChI=1S/C14H21NO4/c1-14(7-4-8-19-9-14)15-12(16)10-5-2-3-6-11(10)13(17)18/h2-3,10-11H,4-9H2,1H3,(H,15,16)(H,17,18). The van der Waals surface area contributed by atoms with E-state index in [1.54, 1.807) is 0 Å². The highest BCUT2D eigenvalue weighted by atomic mass is 16.5. The Morgan fingerprint density at radius 1 is 1.32 bits per heavy atom. The van der Waals surface area contributed by atoms with Crippen LogP contribution in [0.25, 0.3) is 0 Å².